The van der Waals surface area contributed by atoms with Crippen molar-refractivity contribution < 1.29 is 18.3 Å². The van der Waals surface area contributed by atoms with Gasteiger partial charge in [0.25, 0.3) is 0 Å². The number of aryl methyl sites for hydroxylation is 1. The highest BCUT2D eigenvalue weighted by Crippen LogP contribution is 2.27. The first-order chi connectivity index (χ1) is 10.4. The molecule has 7 heteroatoms. The van der Waals surface area contributed by atoms with Crippen LogP contribution in [0.2, 0.25) is 0 Å². The minimum Gasteiger partial charge on any atom is -0.480 e. The third-order valence-electron chi connectivity index (χ3n) is 3.53. The highest BCUT2D eigenvalue weighted by molar-refractivity contribution is 7.89. The minimum absolute atomic E-state index is 0.0170. The van der Waals surface area contributed by atoms with Crippen molar-refractivity contribution in [3.63, 3.8) is 0 Å². The molecular weight excluding hydrogens is 316 g/mol. The van der Waals surface area contributed by atoms with E-state index >= 15 is 0 Å². The number of hydrogen-bond donors (Lipinski definition) is 1. The van der Waals surface area contributed by atoms with E-state index in [0.29, 0.717) is 11.1 Å². The van der Waals surface area contributed by atoms with Gasteiger partial charge in [0.2, 0.25) is 10.0 Å². The number of carbonyl (C=O) groups is 1. The van der Waals surface area contributed by atoms with Crippen LogP contribution in [-0.2, 0) is 14.8 Å². The fourth-order valence-electron chi connectivity index (χ4n) is 2.21. The van der Waals surface area contributed by atoms with Gasteiger partial charge >= 0.3 is 5.97 Å². The Labute approximate surface area is 137 Å². The van der Waals surface area contributed by atoms with E-state index in [2.05, 4.69) is 0 Å². The number of nitrogens with zero attached hydrogens (tertiary/aromatic N) is 2. The molecule has 0 fully saturated rings. The molecule has 23 heavy (non-hydrogen) atoms. The molecule has 0 aliphatic carbocycles. The summed E-state index contributed by atoms with van der Waals surface area (Å²) in [5.74, 6) is -1.18. The quantitative estimate of drug-likeness (QED) is 0.888. The lowest BCUT2D eigenvalue weighted by Crippen LogP contribution is -2.44. The van der Waals surface area contributed by atoms with Crippen molar-refractivity contribution in [2.75, 3.05) is 7.05 Å². The van der Waals surface area contributed by atoms with Crippen molar-refractivity contribution in [3.05, 3.63) is 29.3 Å². The number of carboxylic acids is 1. The van der Waals surface area contributed by atoms with Crippen LogP contribution in [0.1, 0.15) is 38.3 Å². The summed E-state index contributed by atoms with van der Waals surface area (Å²) in [5, 5.41) is 18.3. The largest absolute Gasteiger partial charge is 0.480 e. The van der Waals surface area contributed by atoms with Crippen LogP contribution in [0.15, 0.2) is 23.1 Å². The van der Waals surface area contributed by atoms with E-state index in [4.69, 9.17) is 5.26 Å². The summed E-state index contributed by atoms with van der Waals surface area (Å²) in [4.78, 5) is 11.5. The van der Waals surface area contributed by atoms with Gasteiger partial charge in [-0.2, -0.15) is 9.57 Å². The van der Waals surface area contributed by atoms with Crippen molar-refractivity contribution in [1.29, 1.82) is 5.26 Å². The van der Waals surface area contributed by atoms with Gasteiger partial charge in [-0.3, -0.25) is 4.79 Å². The predicted octanol–water partition coefficient (Wildman–Crippen LogP) is 2.38. The van der Waals surface area contributed by atoms with Crippen LogP contribution in [0.4, 0.5) is 0 Å². The summed E-state index contributed by atoms with van der Waals surface area (Å²) < 4.78 is 26.3. The van der Waals surface area contributed by atoms with E-state index in [1.54, 1.807) is 6.92 Å². The smallest absolute Gasteiger partial charge is 0.322 e. The molecule has 0 spiro atoms. The normalized spacial score (nSPS) is 13.6. The van der Waals surface area contributed by atoms with E-state index in [-0.39, 0.29) is 16.7 Å². The Morgan fingerprint density at radius 2 is 1.96 bits per heavy atom. The van der Waals surface area contributed by atoms with E-state index in [1.165, 1.54) is 25.2 Å². The number of sulfonamides is 1. The molecular formula is C16H22N2O4S. The van der Waals surface area contributed by atoms with Gasteiger partial charge in [0.05, 0.1) is 16.5 Å². The molecule has 126 valence electrons. The first kappa shape index (κ1) is 19.1. The van der Waals surface area contributed by atoms with Gasteiger partial charge in [-0.05, 0) is 42.5 Å². The van der Waals surface area contributed by atoms with Crippen molar-refractivity contribution >= 4 is 16.0 Å². The highest BCUT2D eigenvalue weighted by atomic mass is 32.2. The maximum absolute atomic E-state index is 12.7. The van der Waals surface area contributed by atoms with Crippen LogP contribution in [-0.4, -0.2) is 36.9 Å². The molecule has 1 atom stereocenters. The zero-order valence-corrected chi connectivity index (χ0v) is 14.8. The average molecular weight is 338 g/mol. The summed E-state index contributed by atoms with van der Waals surface area (Å²) in [6.07, 6.45) is 0.188. The zero-order valence-electron chi connectivity index (χ0n) is 14.0. The molecule has 1 N–H and O–H groups in total. The lowest BCUT2D eigenvalue weighted by Gasteiger charge is -2.29. The maximum Gasteiger partial charge on any atom is 0.322 e. The predicted molar refractivity (Wildman–Crippen MR) is 86.3 cm³/mol. The second-order valence-electron chi connectivity index (χ2n) is 6.73. The molecule has 1 aromatic carbocycles. The first-order valence-electron chi connectivity index (χ1n) is 7.12. The molecule has 6 nitrogen and oxygen atoms in total. The van der Waals surface area contributed by atoms with Gasteiger partial charge in [0.1, 0.15) is 6.04 Å². The van der Waals surface area contributed by atoms with E-state index in [1.807, 2.05) is 26.8 Å². The standard InChI is InChI=1S/C16H22N2O4S/c1-11-8-13(7-6-12(11)10-17)23(21,22)18(5)14(15(19)20)9-16(2,3)4/h6-8,14H,9H2,1-5H3,(H,19,20). The summed E-state index contributed by atoms with van der Waals surface area (Å²) in [6, 6.07) is 4.96. The SMILES string of the molecule is Cc1cc(S(=O)(=O)N(C)C(CC(C)(C)C)C(=O)O)ccc1C#N. The highest BCUT2D eigenvalue weighted by Gasteiger charge is 2.35. The Hall–Kier alpha value is -1.91. The third kappa shape index (κ3) is 4.53. The molecule has 0 aliphatic heterocycles. The van der Waals surface area contributed by atoms with Crippen molar-refractivity contribution in [3.8, 4) is 6.07 Å². The number of rotatable bonds is 5. The molecule has 0 amide bonds. The second kappa shape index (κ2) is 6.69. The van der Waals surface area contributed by atoms with Gasteiger partial charge in [0.15, 0.2) is 0 Å². The summed E-state index contributed by atoms with van der Waals surface area (Å²) in [6.45, 7) is 7.21. The Bertz CT molecular complexity index is 742. The Morgan fingerprint density at radius 1 is 1.39 bits per heavy atom. The summed E-state index contributed by atoms with van der Waals surface area (Å²) in [7, 11) is -2.69. The Morgan fingerprint density at radius 3 is 2.35 bits per heavy atom. The molecule has 0 aliphatic rings. The van der Waals surface area contributed by atoms with Crippen LogP contribution >= 0.6 is 0 Å². The third-order valence-corrected chi connectivity index (χ3v) is 5.39. The monoisotopic (exact) mass is 338 g/mol. The Kier molecular flexibility index (Phi) is 5.56. The first-order valence-corrected chi connectivity index (χ1v) is 8.56. The Balaban J connectivity index is 3.27. The number of likely N-dealkylation sites (N-methyl/N-ethyl adjacent to an activating group) is 1. The molecule has 0 saturated heterocycles. The molecule has 0 heterocycles. The zero-order chi connectivity index (χ0) is 18.0. The lowest BCUT2D eigenvalue weighted by molar-refractivity contribution is -0.142. The van der Waals surface area contributed by atoms with Crippen LogP contribution in [0.25, 0.3) is 0 Å². The van der Waals surface area contributed by atoms with Crippen LogP contribution in [0.3, 0.4) is 0 Å². The second-order valence-corrected chi connectivity index (χ2v) is 8.73. The summed E-state index contributed by atoms with van der Waals surface area (Å²) >= 11 is 0. The van der Waals surface area contributed by atoms with Gasteiger partial charge in [-0.25, -0.2) is 8.42 Å². The number of aliphatic carboxylic acids is 1. The number of carboxylic acid groups (broad SMARTS) is 1. The van der Waals surface area contributed by atoms with Crippen molar-refractivity contribution in [1.82, 2.24) is 4.31 Å². The maximum atomic E-state index is 12.7. The van der Waals surface area contributed by atoms with Gasteiger partial charge in [-0.15, -0.1) is 0 Å². The molecule has 1 aromatic rings. The summed E-state index contributed by atoms with van der Waals surface area (Å²) in [5.41, 5.74) is 0.577. The van der Waals surface area contributed by atoms with Crippen LogP contribution in [0, 0.1) is 23.7 Å². The van der Waals surface area contributed by atoms with Gasteiger partial charge in [0, 0.05) is 7.05 Å². The van der Waals surface area contributed by atoms with Crippen LogP contribution in [0.5, 0.6) is 0 Å². The van der Waals surface area contributed by atoms with E-state index < -0.39 is 22.0 Å². The van der Waals surface area contributed by atoms with Crippen molar-refractivity contribution in [2.45, 2.75) is 45.1 Å². The molecule has 1 unspecified atom stereocenters. The number of benzene rings is 1. The molecule has 0 aromatic heterocycles. The fourth-order valence-corrected chi connectivity index (χ4v) is 3.61. The van der Waals surface area contributed by atoms with E-state index in [0.717, 1.165) is 4.31 Å². The van der Waals surface area contributed by atoms with E-state index in [9.17, 15) is 18.3 Å². The minimum atomic E-state index is -3.96. The molecule has 1 rings (SSSR count). The molecule has 0 saturated carbocycles. The number of nitriles is 1. The lowest BCUT2D eigenvalue weighted by atomic mass is 9.88. The average Bonchev–Trinajstić information content (AvgIpc) is 2.42. The molecule has 0 bridgehead atoms. The van der Waals surface area contributed by atoms with Gasteiger partial charge in [-0.1, -0.05) is 20.8 Å². The number of hydrogen-bond acceptors (Lipinski definition) is 4. The topological polar surface area (TPSA) is 98.5 Å². The van der Waals surface area contributed by atoms with Gasteiger partial charge < -0.3 is 5.11 Å². The fraction of sp³-hybridized carbons (Fsp3) is 0.500. The van der Waals surface area contributed by atoms with Crippen LogP contribution < -0.4 is 0 Å². The molecule has 0 radical (unpaired) electrons. The van der Waals surface area contributed by atoms with Crippen molar-refractivity contribution in [2.24, 2.45) is 5.41 Å².